The molecule has 0 radical (unpaired) electrons. The lowest BCUT2D eigenvalue weighted by Crippen LogP contribution is -2.20. The normalized spacial score (nSPS) is 20.2. The lowest BCUT2D eigenvalue weighted by molar-refractivity contribution is -0.119. The molecule has 2 amide bonds. The number of carbonyl (C=O) groups excluding carboxylic acids is 2. The number of nitrogens with zero attached hydrogens (tertiary/aromatic N) is 1. The Labute approximate surface area is 146 Å². The SMILES string of the molecule is C=S1C(=O)NC(=O)C1c1cccc2c1ccn2Cc1ccccc1F. The second-order valence-electron chi connectivity index (χ2n) is 5.90. The van der Waals surface area contributed by atoms with Crippen LogP contribution in [0.3, 0.4) is 0 Å². The van der Waals surface area contributed by atoms with E-state index in [1.165, 1.54) is 6.07 Å². The van der Waals surface area contributed by atoms with Gasteiger partial charge in [0.25, 0.3) is 5.24 Å². The summed E-state index contributed by atoms with van der Waals surface area (Å²) in [6, 6.07) is 14.2. The minimum absolute atomic E-state index is 0.249. The van der Waals surface area contributed by atoms with Gasteiger partial charge in [0.1, 0.15) is 11.1 Å². The number of carbonyl (C=O) groups is 2. The summed E-state index contributed by atoms with van der Waals surface area (Å²) in [7, 11) is -0.944. The molecule has 4 nitrogen and oxygen atoms in total. The maximum absolute atomic E-state index is 13.9. The molecule has 6 heteroatoms. The number of hydrogen-bond acceptors (Lipinski definition) is 2. The summed E-state index contributed by atoms with van der Waals surface area (Å²) in [5, 5.41) is 2.34. The van der Waals surface area contributed by atoms with Crippen molar-refractivity contribution >= 4 is 38.4 Å². The lowest BCUT2D eigenvalue weighted by atomic mass is 10.1. The molecule has 2 atom stereocenters. The maximum Gasteiger partial charge on any atom is 0.280 e. The van der Waals surface area contributed by atoms with E-state index in [4.69, 9.17) is 0 Å². The van der Waals surface area contributed by atoms with E-state index < -0.39 is 15.7 Å². The van der Waals surface area contributed by atoms with Crippen LogP contribution < -0.4 is 5.32 Å². The molecule has 25 heavy (non-hydrogen) atoms. The average molecular weight is 354 g/mol. The summed E-state index contributed by atoms with van der Waals surface area (Å²) in [6.45, 7) is 0.394. The maximum atomic E-state index is 13.9. The molecule has 1 aliphatic rings. The fourth-order valence-corrected chi connectivity index (χ4v) is 4.46. The Balaban J connectivity index is 1.79. The van der Waals surface area contributed by atoms with Crippen molar-refractivity contribution in [2.45, 2.75) is 11.8 Å². The highest BCUT2D eigenvalue weighted by atomic mass is 32.2. The van der Waals surface area contributed by atoms with E-state index >= 15 is 0 Å². The van der Waals surface area contributed by atoms with Crippen LogP contribution in [0.15, 0.2) is 54.7 Å². The zero-order chi connectivity index (χ0) is 17.6. The highest BCUT2D eigenvalue weighted by Crippen LogP contribution is 2.42. The topological polar surface area (TPSA) is 51.1 Å². The average Bonchev–Trinajstić information content (AvgIpc) is 3.11. The number of fused-ring (bicyclic) bond motifs is 1. The van der Waals surface area contributed by atoms with Crippen molar-refractivity contribution in [2.24, 2.45) is 0 Å². The first-order valence-electron chi connectivity index (χ1n) is 7.75. The number of benzene rings is 2. The van der Waals surface area contributed by atoms with Gasteiger partial charge in [-0.2, -0.15) is 0 Å². The van der Waals surface area contributed by atoms with E-state index in [0.29, 0.717) is 12.1 Å². The molecule has 2 aromatic carbocycles. The molecule has 0 spiro atoms. The Morgan fingerprint density at radius 2 is 1.92 bits per heavy atom. The van der Waals surface area contributed by atoms with Crippen LogP contribution in [0, 0.1) is 5.82 Å². The van der Waals surface area contributed by atoms with Gasteiger partial charge in [0.2, 0.25) is 5.91 Å². The van der Waals surface area contributed by atoms with Crippen LogP contribution in [-0.2, 0) is 11.3 Å². The first-order valence-corrected chi connectivity index (χ1v) is 9.21. The summed E-state index contributed by atoms with van der Waals surface area (Å²) < 4.78 is 15.9. The Morgan fingerprint density at radius 3 is 2.64 bits per heavy atom. The van der Waals surface area contributed by atoms with Crippen LogP contribution >= 0.6 is 10.5 Å². The standard InChI is InChI=1S/C19H15FN2O2S/c1-25-17(18(23)21-19(25)24)14-6-4-8-16-13(14)9-10-22(16)11-12-5-2-3-7-15(12)20/h2-10,17H,1,11H2,(H,21,23,24). The minimum Gasteiger partial charge on any atom is -0.343 e. The predicted octanol–water partition coefficient (Wildman–Crippen LogP) is 3.82. The van der Waals surface area contributed by atoms with Gasteiger partial charge in [0, 0.05) is 22.7 Å². The van der Waals surface area contributed by atoms with Crippen molar-refractivity contribution in [3.8, 4) is 0 Å². The zero-order valence-corrected chi connectivity index (χ0v) is 14.1. The largest absolute Gasteiger partial charge is 0.343 e. The van der Waals surface area contributed by atoms with E-state index in [-0.39, 0.29) is 17.0 Å². The van der Waals surface area contributed by atoms with E-state index in [1.54, 1.807) is 18.2 Å². The van der Waals surface area contributed by atoms with Crippen LogP contribution in [0.1, 0.15) is 16.4 Å². The van der Waals surface area contributed by atoms with Crippen LogP contribution in [0.25, 0.3) is 10.9 Å². The number of imide groups is 1. The Morgan fingerprint density at radius 1 is 1.12 bits per heavy atom. The monoisotopic (exact) mass is 354 g/mol. The third-order valence-corrected chi connectivity index (χ3v) is 6.03. The van der Waals surface area contributed by atoms with Gasteiger partial charge in [-0.15, -0.1) is 0 Å². The Bertz CT molecular complexity index is 1040. The third kappa shape index (κ3) is 2.59. The van der Waals surface area contributed by atoms with Gasteiger partial charge < -0.3 is 4.57 Å². The van der Waals surface area contributed by atoms with Crippen LogP contribution in [-0.4, -0.2) is 21.6 Å². The summed E-state index contributed by atoms with van der Waals surface area (Å²) in [5.74, 6) is 3.30. The molecule has 1 aliphatic heterocycles. The first kappa shape index (κ1) is 15.8. The second kappa shape index (κ2) is 5.97. The number of aromatic nitrogens is 1. The molecular formula is C19H15FN2O2S. The van der Waals surface area contributed by atoms with Crippen molar-refractivity contribution in [3.05, 3.63) is 71.7 Å². The molecule has 1 fully saturated rings. The molecule has 4 rings (SSSR count). The molecule has 1 aromatic heterocycles. The second-order valence-corrected chi connectivity index (χ2v) is 7.60. The molecular weight excluding hydrogens is 339 g/mol. The smallest absolute Gasteiger partial charge is 0.280 e. The fourth-order valence-electron chi connectivity index (χ4n) is 3.19. The van der Waals surface area contributed by atoms with Crippen molar-refractivity contribution in [3.63, 3.8) is 0 Å². The van der Waals surface area contributed by atoms with Gasteiger partial charge in [0.05, 0.1) is 6.54 Å². The first-order chi connectivity index (χ1) is 12.1. The summed E-state index contributed by atoms with van der Waals surface area (Å²) >= 11 is 0. The van der Waals surface area contributed by atoms with Crippen molar-refractivity contribution < 1.29 is 14.0 Å². The Hall–Kier alpha value is -2.73. The van der Waals surface area contributed by atoms with Gasteiger partial charge >= 0.3 is 0 Å². The van der Waals surface area contributed by atoms with Crippen LogP contribution in [0.5, 0.6) is 0 Å². The molecule has 2 heterocycles. The lowest BCUT2D eigenvalue weighted by Gasteiger charge is -2.11. The molecule has 0 bridgehead atoms. The minimum atomic E-state index is -0.944. The number of nitrogens with one attached hydrogen (secondary N) is 1. The van der Waals surface area contributed by atoms with Crippen LogP contribution in [0.2, 0.25) is 0 Å². The van der Waals surface area contributed by atoms with E-state index in [2.05, 4.69) is 11.2 Å². The fraction of sp³-hybridized carbons (Fsp3) is 0.105. The number of hydrogen-bond donors (Lipinski definition) is 1. The molecule has 1 N–H and O–H groups in total. The van der Waals surface area contributed by atoms with Gasteiger partial charge in [-0.3, -0.25) is 14.9 Å². The highest BCUT2D eigenvalue weighted by Gasteiger charge is 2.36. The van der Waals surface area contributed by atoms with Crippen molar-refractivity contribution in [1.29, 1.82) is 0 Å². The molecule has 1 saturated heterocycles. The molecule has 0 aliphatic carbocycles. The predicted molar refractivity (Wildman–Crippen MR) is 98.4 cm³/mol. The molecule has 0 saturated carbocycles. The van der Waals surface area contributed by atoms with E-state index in [0.717, 1.165) is 16.5 Å². The van der Waals surface area contributed by atoms with Gasteiger partial charge in [-0.05, 0) is 23.8 Å². The van der Waals surface area contributed by atoms with Gasteiger partial charge in [-0.25, -0.2) is 4.39 Å². The van der Waals surface area contributed by atoms with E-state index in [1.807, 2.05) is 35.0 Å². The summed E-state index contributed by atoms with van der Waals surface area (Å²) in [4.78, 5) is 23.9. The number of halogens is 1. The molecule has 3 aromatic rings. The van der Waals surface area contributed by atoms with Gasteiger partial charge in [0.15, 0.2) is 0 Å². The van der Waals surface area contributed by atoms with Gasteiger partial charge in [-0.1, -0.05) is 46.7 Å². The Kier molecular flexibility index (Phi) is 3.77. The van der Waals surface area contributed by atoms with Crippen LogP contribution in [0.4, 0.5) is 9.18 Å². The number of rotatable bonds is 3. The van der Waals surface area contributed by atoms with Crippen molar-refractivity contribution in [1.82, 2.24) is 9.88 Å². The quantitative estimate of drug-likeness (QED) is 0.727. The van der Waals surface area contributed by atoms with E-state index in [9.17, 15) is 14.0 Å². The number of amides is 2. The summed E-state index contributed by atoms with van der Waals surface area (Å²) in [6.07, 6.45) is 1.87. The molecule has 126 valence electrons. The zero-order valence-electron chi connectivity index (χ0n) is 13.2. The molecule has 2 unspecified atom stereocenters. The van der Waals surface area contributed by atoms with Crippen molar-refractivity contribution in [2.75, 3.05) is 0 Å². The highest BCUT2D eigenvalue weighted by molar-refractivity contribution is 8.28. The summed E-state index contributed by atoms with van der Waals surface area (Å²) in [5.41, 5.74) is 2.27. The third-order valence-electron chi connectivity index (χ3n) is 4.41.